The van der Waals surface area contributed by atoms with Crippen LogP contribution < -0.4 is 0 Å². The molecule has 1 heterocycles. The van der Waals surface area contributed by atoms with Crippen LogP contribution in [0, 0.1) is 0 Å². The number of nitrogens with zero attached hydrogens (tertiary/aromatic N) is 1. The minimum absolute atomic E-state index is 0.116. The molecule has 0 radical (unpaired) electrons. The topological polar surface area (TPSA) is 20.3 Å². The van der Waals surface area contributed by atoms with Gasteiger partial charge in [0.15, 0.2) is 0 Å². The first-order valence-corrected chi connectivity index (χ1v) is 5.44. The van der Waals surface area contributed by atoms with Gasteiger partial charge in [0.25, 0.3) is 5.91 Å². The first-order chi connectivity index (χ1) is 7.33. The van der Waals surface area contributed by atoms with E-state index in [2.05, 4.69) is 0 Å². The highest BCUT2D eigenvalue weighted by Gasteiger charge is 2.25. The molecular formula is C12H12ClNO. The molecule has 15 heavy (non-hydrogen) atoms. The van der Waals surface area contributed by atoms with Crippen LogP contribution in [0.2, 0.25) is 0 Å². The molecular weight excluding hydrogens is 210 g/mol. The number of benzene rings is 1. The van der Waals surface area contributed by atoms with Crippen molar-refractivity contribution in [3.05, 3.63) is 47.5 Å². The number of halogens is 1. The van der Waals surface area contributed by atoms with Crippen LogP contribution in [0.1, 0.15) is 15.9 Å². The lowest BCUT2D eigenvalue weighted by Gasteiger charge is -2.11. The Balaban J connectivity index is 2.10. The number of amides is 1. The molecule has 3 heteroatoms. The third-order valence-electron chi connectivity index (χ3n) is 2.48. The molecule has 78 valence electrons. The zero-order chi connectivity index (χ0) is 10.7. The first-order valence-electron chi connectivity index (χ1n) is 4.91. The lowest BCUT2D eigenvalue weighted by molar-refractivity contribution is 0.0796. The van der Waals surface area contributed by atoms with E-state index in [9.17, 15) is 4.79 Å². The van der Waals surface area contributed by atoms with E-state index < -0.39 is 0 Å². The van der Waals surface area contributed by atoms with Crippen LogP contribution in [-0.4, -0.2) is 23.2 Å². The van der Waals surface area contributed by atoms with E-state index in [1.165, 1.54) is 0 Å². The second kappa shape index (κ2) is 4.49. The van der Waals surface area contributed by atoms with Gasteiger partial charge in [-0.2, -0.15) is 0 Å². The Kier molecular flexibility index (Phi) is 3.07. The van der Waals surface area contributed by atoms with Crippen LogP contribution in [0.15, 0.2) is 36.4 Å². The zero-order valence-corrected chi connectivity index (χ0v) is 9.07. The summed E-state index contributed by atoms with van der Waals surface area (Å²) in [6.07, 6.45) is 3.79. The molecule has 1 amide bonds. The SMILES string of the molecule is O=C1c2ccccc2CN1C/C=C\CCl. The summed E-state index contributed by atoms with van der Waals surface area (Å²) in [7, 11) is 0. The Bertz CT molecular complexity index is 400. The number of carbonyl (C=O) groups excluding carboxylic acids is 1. The predicted molar refractivity (Wildman–Crippen MR) is 61.0 cm³/mol. The van der Waals surface area contributed by atoms with Gasteiger partial charge >= 0.3 is 0 Å². The number of fused-ring (bicyclic) bond motifs is 1. The second-order valence-electron chi connectivity index (χ2n) is 3.47. The van der Waals surface area contributed by atoms with Gasteiger partial charge in [0.2, 0.25) is 0 Å². The number of allylic oxidation sites excluding steroid dienone is 1. The van der Waals surface area contributed by atoms with Gasteiger partial charge in [-0.05, 0) is 11.6 Å². The van der Waals surface area contributed by atoms with Gasteiger partial charge in [-0.25, -0.2) is 0 Å². The van der Waals surface area contributed by atoms with Crippen molar-refractivity contribution in [3.63, 3.8) is 0 Å². The normalized spacial score (nSPS) is 15.0. The van der Waals surface area contributed by atoms with Crippen molar-refractivity contribution in [2.24, 2.45) is 0 Å². The van der Waals surface area contributed by atoms with Crippen LogP contribution in [0.3, 0.4) is 0 Å². The molecule has 1 aromatic carbocycles. The molecule has 2 nitrogen and oxygen atoms in total. The van der Waals surface area contributed by atoms with Gasteiger partial charge in [-0.1, -0.05) is 30.4 Å². The third-order valence-corrected chi connectivity index (χ3v) is 2.66. The molecule has 1 aromatic rings. The van der Waals surface area contributed by atoms with Crippen LogP contribution >= 0.6 is 11.6 Å². The summed E-state index contributed by atoms with van der Waals surface area (Å²) in [5.41, 5.74) is 1.94. The molecule has 0 aliphatic carbocycles. The molecule has 0 N–H and O–H groups in total. The van der Waals surface area contributed by atoms with Crippen molar-refractivity contribution in [1.82, 2.24) is 4.90 Å². The molecule has 0 saturated carbocycles. The molecule has 0 atom stereocenters. The van der Waals surface area contributed by atoms with Gasteiger partial charge < -0.3 is 4.90 Å². The fraction of sp³-hybridized carbons (Fsp3) is 0.250. The summed E-state index contributed by atoms with van der Waals surface area (Å²) in [6, 6.07) is 7.74. The predicted octanol–water partition coefficient (Wildman–Crippen LogP) is 2.44. The maximum atomic E-state index is 11.8. The maximum Gasteiger partial charge on any atom is 0.254 e. The monoisotopic (exact) mass is 221 g/mol. The highest BCUT2D eigenvalue weighted by atomic mass is 35.5. The lowest BCUT2D eigenvalue weighted by atomic mass is 10.1. The standard InChI is InChI=1S/C12H12ClNO/c13-7-3-4-8-14-9-10-5-1-2-6-11(10)12(14)15/h1-6H,7-9H2/b4-3-. The number of alkyl halides is 1. The van der Waals surface area contributed by atoms with E-state index in [-0.39, 0.29) is 5.91 Å². The van der Waals surface area contributed by atoms with Gasteiger partial charge in [0.1, 0.15) is 0 Å². The van der Waals surface area contributed by atoms with Crippen LogP contribution in [0.5, 0.6) is 0 Å². The molecule has 0 bridgehead atoms. The maximum absolute atomic E-state index is 11.8. The van der Waals surface area contributed by atoms with E-state index >= 15 is 0 Å². The fourth-order valence-electron chi connectivity index (χ4n) is 1.73. The van der Waals surface area contributed by atoms with Gasteiger partial charge in [0, 0.05) is 24.5 Å². The Hall–Kier alpha value is -1.28. The van der Waals surface area contributed by atoms with E-state index in [0.29, 0.717) is 19.0 Å². The molecule has 2 rings (SSSR count). The summed E-state index contributed by atoms with van der Waals surface area (Å²) < 4.78 is 0. The Morgan fingerprint density at radius 3 is 2.87 bits per heavy atom. The summed E-state index contributed by atoms with van der Waals surface area (Å²) in [6.45, 7) is 1.35. The van der Waals surface area contributed by atoms with E-state index in [1.54, 1.807) is 0 Å². The lowest BCUT2D eigenvalue weighted by Crippen LogP contribution is -2.23. The number of rotatable bonds is 3. The number of hydrogen-bond acceptors (Lipinski definition) is 1. The molecule has 0 unspecified atom stereocenters. The minimum Gasteiger partial charge on any atom is -0.331 e. The zero-order valence-electron chi connectivity index (χ0n) is 8.32. The second-order valence-corrected chi connectivity index (χ2v) is 3.78. The fourth-order valence-corrected chi connectivity index (χ4v) is 1.85. The average molecular weight is 222 g/mol. The highest BCUT2D eigenvalue weighted by molar-refractivity contribution is 6.18. The molecule has 1 aliphatic rings. The van der Waals surface area contributed by atoms with E-state index in [0.717, 1.165) is 11.1 Å². The van der Waals surface area contributed by atoms with E-state index in [4.69, 9.17) is 11.6 Å². The molecule has 0 saturated heterocycles. The smallest absolute Gasteiger partial charge is 0.254 e. The first kappa shape index (κ1) is 10.2. The summed E-state index contributed by atoms with van der Waals surface area (Å²) in [5, 5.41) is 0. The molecule has 0 fully saturated rings. The van der Waals surface area contributed by atoms with Gasteiger partial charge in [-0.15, -0.1) is 11.6 Å². The molecule has 0 spiro atoms. The van der Waals surface area contributed by atoms with Gasteiger partial charge in [-0.3, -0.25) is 4.79 Å². The Morgan fingerprint density at radius 2 is 2.13 bits per heavy atom. The quantitative estimate of drug-likeness (QED) is 0.567. The Morgan fingerprint density at radius 1 is 1.33 bits per heavy atom. The Labute approximate surface area is 94.2 Å². The van der Waals surface area contributed by atoms with Crippen molar-refractivity contribution in [2.75, 3.05) is 12.4 Å². The van der Waals surface area contributed by atoms with Crippen molar-refractivity contribution in [3.8, 4) is 0 Å². The number of hydrogen-bond donors (Lipinski definition) is 0. The number of carbonyl (C=O) groups is 1. The molecule has 1 aliphatic heterocycles. The highest BCUT2D eigenvalue weighted by Crippen LogP contribution is 2.21. The summed E-state index contributed by atoms with van der Waals surface area (Å²) in [4.78, 5) is 13.7. The van der Waals surface area contributed by atoms with Gasteiger partial charge in [0.05, 0.1) is 0 Å². The van der Waals surface area contributed by atoms with Crippen molar-refractivity contribution < 1.29 is 4.79 Å². The van der Waals surface area contributed by atoms with Crippen LogP contribution in [-0.2, 0) is 6.54 Å². The van der Waals surface area contributed by atoms with Crippen LogP contribution in [0.4, 0.5) is 0 Å². The third kappa shape index (κ3) is 2.05. The average Bonchev–Trinajstić information content (AvgIpc) is 2.57. The van der Waals surface area contributed by atoms with Crippen molar-refractivity contribution in [2.45, 2.75) is 6.54 Å². The van der Waals surface area contributed by atoms with Crippen LogP contribution in [0.25, 0.3) is 0 Å². The largest absolute Gasteiger partial charge is 0.331 e. The minimum atomic E-state index is 0.116. The van der Waals surface area contributed by atoms with Crippen molar-refractivity contribution in [1.29, 1.82) is 0 Å². The summed E-state index contributed by atoms with van der Waals surface area (Å²) in [5.74, 6) is 0.611. The summed E-state index contributed by atoms with van der Waals surface area (Å²) >= 11 is 5.52. The van der Waals surface area contributed by atoms with E-state index in [1.807, 2.05) is 41.3 Å². The molecule has 0 aromatic heterocycles. The van der Waals surface area contributed by atoms with Crippen molar-refractivity contribution >= 4 is 17.5 Å².